The highest BCUT2D eigenvalue weighted by atomic mass is 16.5. The number of aromatic amines is 1. The van der Waals surface area contributed by atoms with E-state index < -0.39 is 0 Å². The van der Waals surface area contributed by atoms with Crippen LogP contribution in [0.5, 0.6) is 5.75 Å². The average Bonchev–Trinajstić information content (AvgIpc) is 2.45. The van der Waals surface area contributed by atoms with E-state index >= 15 is 0 Å². The average molecular weight is 273 g/mol. The SMILES string of the molecule is CCc1ccc(OCc2nc(CCN)cc(=O)[nH]2)cc1. The molecule has 0 unspecified atom stereocenters. The van der Waals surface area contributed by atoms with Crippen molar-refractivity contribution in [3.63, 3.8) is 0 Å². The molecule has 5 nitrogen and oxygen atoms in total. The fourth-order valence-corrected chi connectivity index (χ4v) is 1.88. The Kier molecular flexibility index (Phi) is 4.90. The van der Waals surface area contributed by atoms with Gasteiger partial charge in [-0.25, -0.2) is 4.98 Å². The van der Waals surface area contributed by atoms with Gasteiger partial charge in [0.2, 0.25) is 0 Å². The molecule has 0 saturated carbocycles. The number of H-pyrrole nitrogens is 1. The summed E-state index contributed by atoms with van der Waals surface area (Å²) in [7, 11) is 0. The van der Waals surface area contributed by atoms with E-state index in [0.717, 1.165) is 12.2 Å². The third-order valence-corrected chi connectivity index (χ3v) is 2.95. The van der Waals surface area contributed by atoms with Gasteiger partial charge in [-0.15, -0.1) is 0 Å². The molecule has 0 radical (unpaired) electrons. The van der Waals surface area contributed by atoms with Crippen LogP contribution in [0.1, 0.15) is 24.0 Å². The number of benzene rings is 1. The van der Waals surface area contributed by atoms with Gasteiger partial charge in [0, 0.05) is 18.2 Å². The molecule has 0 saturated heterocycles. The van der Waals surface area contributed by atoms with Gasteiger partial charge in [-0.3, -0.25) is 4.79 Å². The molecular formula is C15H19N3O2. The van der Waals surface area contributed by atoms with E-state index in [1.54, 1.807) is 0 Å². The molecule has 0 atom stereocenters. The van der Waals surface area contributed by atoms with Crippen LogP contribution in [0, 0.1) is 0 Å². The van der Waals surface area contributed by atoms with E-state index in [9.17, 15) is 4.79 Å². The topological polar surface area (TPSA) is 81.0 Å². The summed E-state index contributed by atoms with van der Waals surface area (Å²) in [5.74, 6) is 1.27. The van der Waals surface area contributed by atoms with Crippen molar-refractivity contribution in [2.75, 3.05) is 6.54 Å². The number of ether oxygens (including phenoxy) is 1. The van der Waals surface area contributed by atoms with E-state index in [-0.39, 0.29) is 12.2 Å². The van der Waals surface area contributed by atoms with E-state index in [1.807, 2.05) is 24.3 Å². The molecule has 5 heteroatoms. The van der Waals surface area contributed by atoms with Crippen LogP contribution in [0.25, 0.3) is 0 Å². The van der Waals surface area contributed by atoms with Gasteiger partial charge in [-0.2, -0.15) is 0 Å². The molecule has 0 spiro atoms. The predicted octanol–water partition coefficient (Wildman–Crippen LogP) is 1.41. The molecular weight excluding hydrogens is 254 g/mol. The summed E-state index contributed by atoms with van der Waals surface area (Å²) >= 11 is 0. The molecule has 106 valence electrons. The summed E-state index contributed by atoms with van der Waals surface area (Å²) in [4.78, 5) is 18.5. The molecule has 20 heavy (non-hydrogen) atoms. The summed E-state index contributed by atoms with van der Waals surface area (Å²) < 4.78 is 5.62. The minimum absolute atomic E-state index is 0.177. The molecule has 0 aliphatic heterocycles. The highest BCUT2D eigenvalue weighted by Gasteiger charge is 2.02. The lowest BCUT2D eigenvalue weighted by Crippen LogP contribution is -2.16. The Hall–Kier alpha value is -2.14. The zero-order valence-corrected chi connectivity index (χ0v) is 11.6. The van der Waals surface area contributed by atoms with Crippen molar-refractivity contribution < 1.29 is 4.74 Å². The van der Waals surface area contributed by atoms with Crippen LogP contribution < -0.4 is 16.0 Å². The molecule has 1 aromatic heterocycles. The largest absolute Gasteiger partial charge is 0.486 e. The number of nitrogens with zero attached hydrogens (tertiary/aromatic N) is 1. The van der Waals surface area contributed by atoms with Crippen molar-refractivity contribution >= 4 is 0 Å². The second-order valence-electron chi connectivity index (χ2n) is 4.51. The molecule has 2 aromatic rings. The summed E-state index contributed by atoms with van der Waals surface area (Å²) in [5, 5.41) is 0. The minimum atomic E-state index is -0.177. The van der Waals surface area contributed by atoms with Gasteiger partial charge in [-0.05, 0) is 30.7 Å². The first-order valence-electron chi connectivity index (χ1n) is 6.72. The quantitative estimate of drug-likeness (QED) is 0.834. The maximum Gasteiger partial charge on any atom is 0.251 e. The first kappa shape index (κ1) is 14.3. The normalized spacial score (nSPS) is 10.5. The Morgan fingerprint density at radius 3 is 2.70 bits per heavy atom. The molecule has 1 aromatic carbocycles. The van der Waals surface area contributed by atoms with Gasteiger partial charge < -0.3 is 15.5 Å². The number of hydrogen-bond donors (Lipinski definition) is 2. The van der Waals surface area contributed by atoms with Gasteiger partial charge in [0.05, 0.1) is 0 Å². The van der Waals surface area contributed by atoms with Crippen LogP contribution in [0.3, 0.4) is 0 Å². The van der Waals surface area contributed by atoms with Crippen molar-refractivity contribution in [3.8, 4) is 5.75 Å². The van der Waals surface area contributed by atoms with Gasteiger partial charge in [-0.1, -0.05) is 19.1 Å². The smallest absolute Gasteiger partial charge is 0.251 e. The molecule has 3 N–H and O–H groups in total. The van der Waals surface area contributed by atoms with Crippen molar-refractivity contribution in [3.05, 3.63) is 57.8 Å². The molecule has 1 heterocycles. The summed E-state index contributed by atoms with van der Waals surface area (Å²) in [5.41, 5.74) is 7.24. The molecule has 0 aliphatic rings. The maximum atomic E-state index is 11.5. The summed E-state index contributed by atoms with van der Waals surface area (Å²) in [6, 6.07) is 9.35. The molecule has 2 rings (SSSR count). The minimum Gasteiger partial charge on any atom is -0.486 e. The number of nitrogens with two attached hydrogens (primary N) is 1. The predicted molar refractivity (Wildman–Crippen MR) is 77.8 cm³/mol. The number of rotatable bonds is 6. The van der Waals surface area contributed by atoms with Gasteiger partial charge >= 0.3 is 0 Å². The van der Waals surface area contributed by atoms with Crippen molar-refractivity contribution in [2.45, 2.75) is 26.4 Å². The lowest BCUT2D eigenvalue weighted by atomic mass is 10.2. The fourth-order valence-electron chi connectivity index (χ4n) is 1.88. The third-order valence-electron chi connectivity index (χ3n) is 2.95. The van der Waals surface area contributed by atoms with E-state index in [1.165, 1.54) is 11.6 Å². The maximum absolute atomic E-state index is 11.5. The third kappa shape index (κ3) is 3.93. The van der Waals surface area contributed by atoms with Crippen molar-refractivity contribution in [2.24, 2.45) is 5.73 Å². The Morgan fingerprint density at radius 1 is 1.30 bits per heavy atom. The van der Waals surface area contributed by atoms with Crippen LogP contribution in [0.15, 0.2) is 35.1 Å². The number of aryl methyl sites for hydroxylation is 1. The second kappa shape index (κ2) is 6.86. The first-order chi connectivity index (χ1) is 9.71. The van der Waals surface area contributed by atoms with Crippen LogP contribution in [-0.4, -0.2) is 16.5 Å². The Bertz CT molecular complexity index is 605. The fraction of sp³-hybridized carbons (Fsp3) is 0.333. The summed E-state index contributed by atoms with van der Waals surface area (Å²) in [6.45, 7) is 2.81. The summed E-state index contributed by atoms with van der Waals surface area (Å²) in [6.07, 6.45) is 1.58. The van der Waals surface area contributed by atoms with E-state index in [4.69, 9.17) is 10.5 Å². The van der Waals surface area contributed by atoms with Crippen LogP contribution in [0.2, 0.25) is 0 Å². The first-order valence-corrected chi connectivity index (χ1v) is 6.72. The van der Waals surface area contributed by atoms with Crippen LogP contribution >= 0.6 is 0 Å². The molecule has 0 aliphatic carbocycles. The van der Waals surface area contributed by atoms with Gasteiger partial charge in [0.25, 0.3) is 5.56 Å². The number of aromatic nitrogens is 2. The Morgan fingerprint density at radius 2 is 2.05 bits per heavy atom. The zero-order valence-electron chi connectivity index (χ0n) is 11.6. The lowest BCUT2D eigenvalue weighted by Gasteiger charge is -2.07. The molecule has 0 bridgehead atoms. The highest BCUT2D eigenvalue weighted by molar-refractivity contribution is 5.27. The Labute approximate surface area is 117 Å². The lowest BCUT2D eigenvalue weighted by molar-refractivity contribution is 0.295. The van der Waals surface area contributed by atoms with Gasteiger partial charge in [0.15, 0.2) is 0 Å². The highest BCUT2D eigenvalue weighted by Crippen LogP contribution is 2.13. The Balaban J connectivity index is 2.04. The van der Waals surface area contributed by atoms with Crippen LogP contribution in [0.4, 0.5) is 0 Å². The number of hydrogen-bond acceptors (Lipinski definition) is 4. The van der Waals surface area contributed by atoms with Crippen molar-refractivity contribution in [1.82, 2.24) is 9.97 Å². The van der Waals surface area contributed by atoms with Crippen LogP contribution in [-0.2, 0) is 19.4 Å². The standard InChI is InChI=1S/C15H19N3O2/c1-2-11-3-5-13(6-4-11)20-10-14-17-12(7-8-16)9-15(19)18-14/h3-6,9H,2,7-8,10,16H2,1H3,(H,17,18,19). The second-order valence-corrected chi connectivity index (χ2v) is 4.51. The molecule has 0 fully saturated rings. The monoisotopic (exact) mass is 273 g/mol. The zero-order chi connectivity index (χ0) is 14.4. The number of nitrogens with one attached hydrogen (secondary N) is 1. The van der Waals surface area contributed by atoms with E-state index in [0.29, 0.717) is 24.5 Å². The van der Waals surface area contributed by atoms with E-state index in [2.05, 4.69) is 16.9 Å². The molecule has 0 amide bonds. The van der Waals surface area contributed by atoms with Crippen molar-refractivity contribution in [1.29, 1.82) is 0 Å². The van der Waals surface area contributed by atoms with Gasteiger partial charge in [0.1, 0.15) is 18.2 Å².